The number of aryl methyl sites for hydroxylation is 2. The third-order valence-electron chi connectivity index (χ3n) is 3.43. The van der Waals surface area contributed by atoms with Crippen LogP contribution in [0.2, 0.25) is 0 Å². The summed E-state index contributed by atoms with van der Waals surface area (Å²) in [6.45, 7) is 4.66. The molecule has 5 heteroatoms. The van der Waals surface area contributed by atoms with Gasteiger partial charge in [-0.05, 0) is 70.7 Å². The minimum Gasteiger partial charge on any atom is -0.496 e. The Bertz CT molecular complexity index is 698. The molecule has 0 saturated carbocycles. The summed E-state index contributed by atoms with van der Waals surface area (Å²) in [5.41, 5.74) is 10.4. The molecule has 0 fully saturated rings. The van der Waals surface area contributed by atoms with Crippen LogP contribution in [0.5, 0.6) is 5.75 Å². The summed E-state index contributed by atoms with van der Waals surface area (Å²) in [5.74, 6) is 1.20. The average Bonchev–Trinajstić information content (AvgIpc) is 2.49. The number of hydrogen-bond acceptors (Lipinski definition) is 2. The van der Waals surface area contributed by atoms with Gasteiger partial charge < -0.3 is 15.8 Å². The molecule has 2 rings (SSSR count). The molecule has 3 N–H and O–H groups in total. The molecule has 0 amide bonds. The van der Waals surface area contributed by atoms with Crippen molar-refractivity contribution in [2.45, 2.75) is 20.4 Å². The van der Waals surface area contributed by atoms with Gasteiger partial charge in [0.2, 0.25) is 0 Å². The zero-order chi connectivity index (χ0) is 16.1. The Morgan fingerprint density at radius 2 is 1.95 bits per heavy atom. The van der Waals surface area contributed by atoms with Crippen LogP contribution in [0.15, 0.2) is 45.9 Å². The van der Waals surface area contributed by atoms with Gasteiger partial charge in [-0.15, -0.1) is 0 Å². The molecule has 0 radical (unpaired) electrons. The van der Waals surface area contributed by atoms with Crippen molar-refractivity contribution in [1.82, 2.24) is 0 Å². The van der Waals surface area contributed by atoms with Crippen LogP contribution in [0, 0.1) is 13.8 Å². The van der Waals surface area contributed by atoms with Gasteiger partial charge >= 0.3 is 0 Å². The number of methoxy groups -OCH3 is 1. The Morgan fingerprint density at radius 1 is 1.18 bits per heavy atom. The number of guanidine groups is 1. The van der Waals surface area contributed by atoms with E-state index in [1.54, 1.807) is 7.11 Å². The molecule has 0 unspecified atom stereocenters. The van der Waals surface area contributed by atoms with Crippen LogP contribution in [-0.2, 0) is 6.54 Å². The number of anilines is 1. The first-order valence-corrected chi connectivity index (χ1v) is 7.75. The van der Waals surface area contributed by atoms with E-state index in [4.69, 9.17) is 10.5 Å². The maximum atomic E-state index is 5.94. The number of ether oxygens (including phenoxy) is 1. The zero-order valence-corrected chi connectivity index (χ0v) is 14.6. The van der Waals surface area contributed by atoms with Gasteiger partial charge in [-0.3, -0.25) is 0 Å². The van der Waals surface area contributed by atoms with Crippen molar-refractivity contribution in [2.24, 2.45) is 10.7 Å². The van der Waals surface area contributed by atoms with E-state index in [2.05, 4.69) is 52.2 Å². The molecule has 22 heavy (non-hydrogen) atoms. The molecule has 0 spiro atoms. The van der Waals surface area contributed by atoms with E-state index in [1.165, 1.54) is 11.1 Å². The van der Waals surface area contributed by atoms with Gasteiger partial charge in [-0.2, -0.15) is 0 Å². The quantitative estimate of drug-likeness (QED) is 0.638. The molecular formula is C17H20BrN3O. The second-order valence-corrected chi connectivity index (χ2v) is 5.95. The standard InChI is InChI=1S/C17H20BrN3O/c1-11-4-6-14(8-12(11)2)21-17(19)20-10-13-5-7-16(22-3)15(18)9-13/h4-9H,10H2,1-3H3,(H3,19,20,21). The Labute approximate surface area is 139 Å². The SMILES string of the molecule is COc1ccc(CN=C(N)Nc2ccc(C)c(C)c2)cc1Br. The van der Waals surface area contributed by atoms with Crippen molar-refractivity contribution in [1.29, 1.82) is 0 Å². The molecule has 0 atom stereocenters. The third kappa shape index (κ3) is 4.24. The van der Waals surface area contributed by atoms with Gasteiger partial charge in [-0.25, -0.2) is 4.99 Å². The topological polar surface area (TPSA) is 59.6 Å². The van der Waals surface area contributed by atoms with Crippen molar-refractivity contribution in [2.75, 3.05) is 12.4 Å². The summed E-state index contributed by atoms with van der Waals surface area (Å²) >= 11 is 3.46. The van der Waals surface area contributed by atoms with E-state index in [-0.39, 0.29) is 0 Å². The highest BCUT2D eigenvalue weighted by atomic mass is 79.9. The molecule has 0 saturated heterocycles. The Kier molecular flexibility index (Phi) is 5.44. The highest BCUT2D eigenvalue weighted by molar-refractivity contribution is 9.10. The molecule has 116 valence electrons. The summed E-state index contributed by atoms with van der Waals surface area (Å²) in [6, 6.07) is 12.0. The van der Waals surface area contributed by atoms with Gasteiger partial charge in [0.25, 0.3) is 0 Å². The molecule has 0 bridgehead atoms. The largest absolute Gasteiger partial charge is 0.496 e. The van der Waals surface area contributed by atoms with E-state index >= 15 is 0 Å². The Hall–Kier alpha value is -2.01. The van der Waals surface area contributed by atoms with E-state index in [0.717, 1.165) is 21.5 Å². The van der Waals surface area contributed by atoms with Crippen molar-refractivity contribution in [3.05, 3.63) is 57.6 Å². The fourth-order valence-corrected chi connectivity index (χ4v) is 2.58. The van der Waals surface area contributed by atoms with Crippen LogP contribution in [0.1, 0.15) is 16.7 Å². The van der Waals surface area contributed by atoms with Crippen molar-refractivity contribution in [3.63, 3.8) is 0 Å². The summed E-state index contributed by atoms with van der Waals surface area (Å²) in [7, 11) is 1.64. The Morgan fingerprint density at radius 3 is 2.59 bits per heavy atom. The van der Waals surface area contributed by atoms with Crippen LogP contribution in [0.25, 0.3) is 0 Å². The lowest BCUT2D eigenvalue weighted by atomic mass is 10.1. The third-order valence-corrected chi connectivity index (χ3v) is 4.05. The molecule has 2 aromatic carbocycles. The van der Waals surface area contributed by atoms with Gasteiger partial charge in [-0.1, -0.05) is 12.1 Å². The van der Waals surface area contributed by atoms with Crippen molar-refractivity contribution < 1.29 is 4.74 Å². The molecular weight excluding hydrogens is 342 g/mol. The lowest BCUT2D eigenvalue weighted by Gasteiger charge is -2.08. The summed E-state index contributed by atoms with van der Waals surface area (Å²) in [6.07, 6.45) is 0. The van der Waals surface area contributed by atoms with Crippen molar-refractivity contribution in [3.8, 4) is 5.75 Å². The lowest BCUT2D eigenvalue weighted by molar-refractivity contribution is 0.412. The summed E-state index contributed by atoms with van der Waals surface area (Å²) in [4.78, 5) is 4.36. The normalized spacial score (nSPS) is 11.4. The first-order valence-electron chi connectivity index (χ1n) is 6.96. The van der Waals surface area contributed by atoms with Gasteiger partial charge in [0.1, 0.15) is 5.75 Å². The smallest absolute Gasteiger partial charge is 0.193 e. The summed E-state index contributed by atoms with van der Waals surface area (Å²) in [5, 5.41) is 3.11. The molecule has 0 aliphatic carbocycles. The molecule has 0 aromatic heterocycles. The molecule has 0 heterocycles. The number of halogens is 1. The predicted octanol–water partition coefficient (Wildman–Crippen LogP) is 4.00. The summed E-state index contributed by atoms with van der Waals surface area (Å²) < 4.78 is 6.11. The minimum absolute atomic E-state index is 0.398. The molecule has 2 aromatic rings. The van der Waals surface area contributed by atoms with E-state index in [9.17, 15) is 0 Å². The second-order valence-electron chi connectivity index (χ2n) is 5.09. The fourth-order valence-electron chi connectivity index (χ4n) is 1.99. The number of rotatable bonds is 4. The highest BCUT2D eigenvalue weighted by Crippen LogP contribution is 2.25. The van der Waals surface area contributed by atoms with E-state index in [0.29, 0.717) is 12.5 Å². The van der Waals surface area contributed by atoms with Gasteiger partial charge in [0, 0.05) is 5.69 Å². The van der Waals surface area contributed by atoms with Gasteiger partial charge in [0.05, 0.1) is 18.1 Å². The number of nitrogens with one attached hydrogen (secondary N) is 1. The van der Waals surface area contributed by atoms with Crippen LogP contribution >= 0.6 is 15.9 Å². The number of benzene rings is 2. The molecule has 0 aliphatic heterocycles. The molecule has 4 nitrogen and oxygen atoms in total. The first-order chi connectivity index (χ1) is 10.5. The number of nitrogens with two attached hydrogens (primary N) is 1. The van der Waals surface area contributed by atoms with Crippen molar-refractivity contribution >= 4 is 27.6 Å². The number of hydrogen-bond donors (Lipinski definition) is 2. The zero-order valence-electron chi connectivity index (χ0n) is 13.0. The molecule has 0 aliphatic rings. The lowest BCUT2D eigenvalue weighted by Crippen LogP contribution is -2.22. The second kappa shape index (κ2) is 7.31. The van der Waals surface area contributed by atoms with E-state index in [1.807, 2.05) is 24.3 Å². The van der Waals surface area contributed by atoms with Crippen LogP contribution in [-0.4, -0.2) is 13.1 Å². The van der Waals surface area contributed by atoms with Crippen LogP contribution < -0.4 is 15.8 Å². The van der Waals surface area contributed by atoms with Gasteiger partial charge in [0.15, 0.2) is 5.96 Å². The highest BCUT2D eigenvalue weighted by Gasteiger charge is 2.02. The number of aliphatic imine (C=N–C) groups is 1. The first kappa shape index (κ1) is 16.4. The predicted molar refractivity (Wildman–Crippen MR) is 95.6 cm³/mol. The number of nitrogens with zero attached hydrogens (tertiary/aromatic N) is 1. The van der Waals surface area contributed by atoms with E-state index < -0.39 is 0 Å². The van der Waals surface area contributed by atoms with Crippen LogP contribution in [0.4, 0.5) is 5.69 Å². The Balaban J connectivity index is 2.03. The fraction of sp³-hybridized carbons (Fsp3) is 0.235. The average molecular weight is 362 g/mol. The minimum atomic E-state index is 0.398. The monoisotopic (exact) mass is 361 g/mol. The van der Waals surface area contributed by atoms with Crippen LogP contribution in [0.3, 0.4) is 0 Å². The maximum Gasteiger partial charge on any atom is 0.193 e. The maximum absolute atomic E-state index is 5.94.